The summed E-state index contributed by atoms with van der Waals surface area (Å²) in [5, 5.41) is 3.16. The van der Waals surface area contributed by atoms with Gasteiger partial charge in [-0.15, -0.1) is 0 Å². The number of ether oxygens (including phenoxy) is 2. The zero-order chi connectivity index (χ0) is 21.0. The van der Waals surface area contributed by atoms with E-state index >= 15 is 0 Å². The van der Waals surface area contributed by atoms with Crippen LogP contribution >= 0.6 is 0 Å². The second-order valence-electron chi connectivity index (χ2n) is 7.87. The van der Waals surface area contributed by atoms with Gasteiger partial charge in [-0.2, -0.15) is 0 Å². The van der Waals surface area contributed by atoms with Gasteiger partial charge in [-0.25, -0.2) is 0 Å². The molecule has 1 amide bonds. The minimum Gasteiger partial charge on any atom is -0.497 e. The van der Waals surface area contributed by atoms with E-state index in [-0.39, 0.29) is 18.0 Å². The Morgan fingerprint density at radius 1 is 1.14 bits per heavy atom. The fourth-order valence-electron chi connectivity index (χ4n) is 4.06. The SMILES string of the molecule is COc1ccc(OC)c([C@H]2CCCN2CC(=O)N[C@@H](C)c2ccc(C)c(C)c2)c1. The molecular formula is C24H32N2O3. The molecule has 0 aromatic heterocycles. The fourth-order valence-corrected chi connectivity index (χ4v) is 4.06. The average Bonchev–Trinajstić information content (AvgIpc) is 3.17. The second kappa shape index (κ2) is 9.31. The summed E-state index contributed by atoms with van der Waals surface area (Å²) >= 11 is 0. The third-order valence-electron chi connectivity index (χ3n) is 5.91. The highest BCUT2D eigenvalue weighted by molar-refractivity contribution is 5.78. The number of hydrogen-bond acceptors (Lipinski definition) is 4. The molecule has 5 heteroatoms. The molecule has 1 aliphatic rings. The number of hydrogen-bond donors (Lipinski definition) is 1. The normalized spacial score (nSPS) is 17.8. The van der Waals surface area contributed by atoms with Crippen molar-refractivity contribution in [3.63, 3.8) is 0 Å². The number of likely N-dealkylation sites (tertiary alicyclic amines) is 1. The molecule has 29 heavy (non-hydrogen) atoms. The summed E-state index contributed by atoms with van der Waals surface area (Å²) < 4.78 is 11.0. The van der Waals surface area contributed by atoms with Crippen molar-refractivity contribution in [3.05, 3.63) is 58.7 Å². The first-order valence-corrected chi connectivity index (χ1v) is 10.3. The van der Waals surface area contributed by atoms with E-state index in [4.69, 9.17) is 9.47 Å². The number of methoxy groups -OCH3 is 2. The maximum atomic E-state index is 12.8. The topological polar surface area (TPSA) is 50.8 Å². The van der Waals surface area contributed by atoms with Gasteiger partial charge in [0.2, 0.25) is 5.91 Å². The van der Waals surface area contributed by atoms with Gasteiger partial charge in [0.1, 0.15) is 11.5 Å². The Morgan fingerprint density at radius 3 is 2.62 bits per heavy atom. The van der Waals surface area contributed by atoms with E-state index in [2.05, 4.69) is 42.3 Å². The maximum absolute atomic E-state index is 12.8. The van der Waals surface area contributed by atoms with Gasteiger partial charge in [0.25, 0.3) is 0 Å². The largest absolute Gasteiger partial charge is 0.497 e. The summed E-state index contributed by atoms with van der Waals surface area (Å²) in [6, 6.07) is 12.4. The Kier molecular flexibility index (Phi) is 6.80. The number of aryl methyl sites for hydroxylation is 2. The molecule has 0 radical (unpaired) electrons. The van der Waals surface area contributed by atoms with Crippen LogP contribution in [0.5, 0.6) is 11.5 Å². The van der Waals surface area contributed by atoms with Gasteiger partial charge in [-0.1, -0.05) is 18.2 Å². The number of carbonyl (C=O) groups is 1. The van der Waals surface area contributed by atoms with Crippen LogP contribution in [0.15, 0.2) is 36.4 Å². The van der Waals surface area contributed by atoms with Crippen LogP contribution < -0.4 is 14.8 Å². The molecule has 2 aromatic carbocycles. The van der Waals surface area contributed by atoms with Crippen molar-refractivity contribution in [2.45, 2.75) is 45.7 Å². The Hall–Kier alpha value is -2.53. The van der Waals surface area contributed by atoms with E-state index < -0.39 is 0 Å². The van der Waals surface area contributed by atoms with E-state index in [0.717, 1.165) is 42.0 Å². The van der Waals surface area contributed by atoms with Gasteiger partial charge < -0.3 is 14.8 Å². The molecule has 0 saturated carbocycles. The minimum absolute atomic E-state index is 0.0193. The van der Waals surface area contributed by atoms with Crippen LogP contribution in [0, 0.1) is 13.8 Å². The van der Waals surface area contributed by atoms with E-state index in [1.807, 2.05) is 25.1 Å². The van der Waals surface area contributed by atoms with E-state index in [9.17, 15) is 4.79 Å². The lowest BCUT2D eigenvalue weighted by molar-refractivity contribution is -0.123. The van der Waals surface area contributed by atoms with Crippen molar-refractivity contribution in [1.29, 1.82) is 0 Å². The molecule has 1 N–H and O–H groups in total. The highest BCUT2D eigenvalue weighted by Crippen LogP contribution is 2.38. The van der Waals surface area contributed by atoms with Crippen molar-refractivity contribution in [1.82, 2.24) is 10.2 Å². The highest BCUT2D eigenvalue weighted by atomic mass is 16.5. The first-order chi connectivity index (χ1) is 13.9. The van der Waals surface area contributed by atoms with E-state index in [0.29, 0.717) is 6.54 Å². The monoisotopic (exact) mass is 396 g/mol. The number of carbonyl (C=O) groups excluding carboxylic acids is 1. The Bertz CT molecular complexity index is 865. The Labute approximate surface area is 174 Å². The van der Waals surface area contributed by atoms with Crippen LogP contribution in [0.2, 0.25) is 0 Å². The maximum Gasteiger partial charge on any atom is 0.234 e. The molecular weight excluding hydrogens is 364 g/mol. The molecule has 1 aliphatic heterocycles. The van der Waals surface area contributed by atoms with Crippen LogP contribution in [0.3, 0.4) is 0 Å². The molecule has 0 aliphatic carbocycles. The molecule has 1 saturated heterocycles. The van der Waals surface area contributed by atoms with Gasteiger partial charge in [0.15, 0.2) is 0 Å². The van der Waals surface area contributed by atoms with Crippen molar-refractivity contribution in [2.75, 3.05) is 27.3 Å². The molecule has 2 aromatic rings. The molecule has 3 rings (SSSR count). The van der Waals surface area contributed by atoms with Crippen LogP contribution in [-0.2, 0) is 4.79 Å². The summed E-state index contributed by atoms with van der Waals surface area (Å²) in [7, 11) is 3.35. The van der Waals surface area contributed by atoms with Crippen molar-refractivity contribution in [3.8, 4) is 11.5 Å². The Balaban J connectivity index is 1.69. The molecule has 0 unspecified atom stereocenters. The minimum atomic E-state index is -0.0193. The van der Waals surface area contributed by atoms with Gasteiger partial charge >= 0.3 is 0 Å². The average molecular weight is 397 g/mol. The van der Waals surface area contributed by atoms with Gasteiger partial charge in [-0.05, 0) is 75.0 Å². The lowest BCUT2D eigenvalue weighted by atomic mass is 10.0. The smallest absolute Gasteiger partial charge is 0.234 e. The van der Waals surface area contributed by atoms with Crippen molar-refractivity contribution >= 4 is 5.91 Å². The van der Waals surface area contributed by atoms with Crippen LogP contribution in [0.1, 0.15) is 54.1 Å². The van der Waals surface area contributed by atoms with Gasteiger partial charge in [-0.3, -0.25) is 9.69 Å². The lowest BCUT2D eigenvalue weighted by Crippen LogP contribution is -2.38. The first-order valence-electron chi connectivity index (χ1n) is 10.3. The summed E-state index contributed by atoms with van der Waals surface area (Å²) in [6.45, 7) is 7.51. The molecule has 1 heterocycles. The molecule has 156 valence electrons. The predicted molar refractivity (Wildman–Crippen MR) is 116 cm³/mol. The predicted octanol–water partition coefficient (Wildman–Crippen LogP) is 4.33. The number of rotatable bonds is 7. The first kappa shape index (κ1) is 21.2. The summed E-state index contributed by atoms with van der Waals surface area (Å²) in [5.41, 5.74) is 4.72. The molecule has 1 fully saturated rings. The standard InChI is InChI=1S/C24H32N2O3/c1-16-8-9-19(13-17(16)2)18(3)25-24(27)15-26-12-6-7-22(26)21-14-20(28-4)10-11-23(21)29-5/h8-11,13-14,18,22H,6-7,12,15H2,1-5H3,(H,25,27)/t18-,22+/m0/s1. The summed E-state index contributed by atoms with van der Waals surface area (Å²) in [5.74, 6) is 1.69. The van der Waals surface area contributed by atoms with Crippen molar-refractivity contribution < 1.29 is 14.3 Å². The van der Waals surface area contributed by atoms with Gasteiger partial charge in [0, 0.05) is 11.6 Å². The third kappa shape index (κ3) is 4.91. The summed E-state index contributed by atoms with van der Waals surface area (Å²) in [4.78, 5) is 15.0. The summed E-state index contributed by atoms with van der Waals surface area (Å²) in [6.07, 6.45) is 2.06. The Morgan fingerprint density at radius 2 is 1.93 bits per heavy atom. The molecule has 2 atom stereocenters. The third-order valence-corrected chi connectivity index (χ3v) is 5.91. The molecule has 0 spiro atoms. The van der Waals surface area contributed by atoms with E-state index in [1.165, 1.54) is 11.1 Å². The zero-order valence-electron chi connectivity index (χ0n) is 18.1. The quantitative estimate of drug-likeness (QED) is 0.757. The lowest BCUT2D eigenvalue weighted by Gasteiger charge is -2.26. The van der Waals surface area contributed by atoms with Crippen LogP contribution in [0.4, 0.5) is 0 Å². The number of nitrogens with one attached hydrogen (secondary N) is 1. The van der Waals surface area contributed by atoms with E-state index in [1.54, 1.807) is 14.2 Å². The molecule has 5 nitrogen and oxygen atoms in total. The second-order valence-corrected chi connectivity index (χ2v) is 7.87. The number of benzene rings is 2. The zero-order valence-corrected chi connectivity index (χ0v) is 18.1. The number of amides is 1. The van der Waals surface area contributed by atoms with Crippen LogP contribution in [-0.4, -0.2) is 38.1 Å². The van der Waals surface area contributed by atoms with Crippen LogP contribution in [0.25, 0.3) is 0 Å². The highest BCUT2D eigenvalue weighted by Gasteiger charge is 2.30. The fraction of sp³-hybridized carbons (Fsp3) is 0.458. The van der Waals surface area contributed by atoms with Gasteiger partial charge in [0.05, 0.1) is 26.8 Å². The molecule has 0 bridgehead atoms. The van der Waals surface area contributed by atoms with Crippen molar-refractivity contribution in [2.24, 2.45) is 0 Å². The number of nitrogens with zero attached hydrogens (tertiary/aromatic N) is 1.